The van der Waals surface area contributed by atoms with Gasteiger partial charge in [0.1, 0.15) is 5.82 Å². The van der Waals surface area contributed by atoms with Crippen LogP contribution >= 0.6 is 0 Å². The molecule has 1 aliphatic rings. The molecule has 1 aromatic heterocycles. The van der Waals surface area contributed by atoms with Crippen molar-refractivity contribution in [1.82, 2.24) is 4.98 Å². The lowest BCUT2D eigenvalue weighted by molar-refractivity contribution is -0.0818. The molecule has 0 aromatic carbocycles. The average Bonchev–Trinajstić information content (AvgIpc) is 2.30. The minimum Gasteiger partial charge on any atom is -0.384 e. The molecule has 1 aliphatic heterocycles. The Morgan fingerprint density at radius 2 is 2.40 bits per heavy atom. The van der Waals surface area contributed by atoms with E-state index in [-0.39, 0.29) is 6.10 Å². The lowest BCUT2D eigenvalue weighted by Crippen LogP contribution is -2.34. The lowest BCUT2D eigenvalue weighted by atomic mass is 10.3. The summed E-state index contributed by atoms with van der Waals surface area (Å²) in [6.07, 6.45) is 1.83. The standard InChI is InChI=1S/C10H15N3O2/c11-10-2-1-8(5-13-10)12-6-9-7-14-3-4-15-9/h1-2,5,9,12H,3-4,6-7H2,(H2,11,13). The van der Waals surface area contributed by atoms with E-state index in [0.29, 0.717) is 25.6 Å². The molecule has 0 bridgehead atoms. The van der Waals surface area contributed by atoms with Crippen LogP contribution in [0.1, 0.15) is 0 Å². The number of ether oxygens (including phenoxy) is 2. The zero-order chi connectivity index (χ0) is 10.5. The van der Waals surface area contributed by atoms with Gasteiger partial charge in [0, 0.05) is 6.54 Å². The van der Waals surface area contributed by atoms with Crippen LogP contribution in [0.5, 0.6) is 0 Å². The first kappa shape index (κ1) is 10.2. The van der Waals surface area contributed by atoms with E-state index in [9.17, 15) is 0 Å². The minimum absolute atomic E-state index is 0.122. The number of nitrogen functional groups attached to an aromatic ring is 1. The molecule has 5 nitrogen and oxygen atoms in total. The van der Waals surface area contributed by atoms with Gasteiger partial charge in [0.2, 0.25) is 0 Å². The Morgan fingerprint density at radius 3 is 3.07 bits per heavy atom. The first-order valence-corrected chi connectivity index (χ1v) is 4.99. The summed E-state index contributed by atoms with van der Waals surface area (Å²) in [5, 5.41) is 3.22. The van der Waals surface area contributed by atoms with E-state index in [1.54, 1.807) is 12.3 Å². The van der Waals surface area contributed by atoms with Gasteiger partial charge >= 0.3 is 0 Å². The summed E-state index contributed by atoms with van der Waals surface area (Å²) in [7, 11) is 0. The minimum atomic E-state index is 0.122. The Balaban J connectivity index is 1.79. The first-order chi connectivity index (χ1) is 7.34. The van der Waals surface area contributed by atoms with Crippen molar-refractivity contribution in [1.29, 1.82) is 0 Å². The smallest absolute Gasteiger partial charge is 0.123 e. The van der Waals surface area contributed by atoms with Crippen molar-refractivity contribution in [3.63, 3.8) is 0 Å². The number of aromatic nitrogens is 1. The van der Waals surface area contributed by atoms with Gasteiger partial charge in [-0.1, -0.05) is 0 Å². The Hall–Kier alpha value is -1.33. The molecule has 0 saturated carbocycles. The highest BCUT2D eigenvalue weighted by Gasteiger charge is 2.13. The van der Waals surface area contributed by atoms with E-state index in [4.69, 9.17) is 15.2 Å². The molecule has 0 amide bonds. The van der Waals surface area contributed by atoms with Crippen LogP contribution in [0.15, 0.2) is 18.3 Å². The van der Waals surface area contributed by atoms with Gasteiger partial charge in [0.25, 0.3) is 0 Å². The molecule has 15 heavy (non-hydrogen) atoms. The zero-order valence-corrected chi connectivity index (χ0v) is 8.48. The molecular formula is C10H15N3O2. The number of nitrogens with two attached hydrogens (primary N) is 1. The predicted molar refractivity (Wildman–Crippen MR) is 57.7 cm³/mol. The number of nitrogens with zero attached hydrogens (tertiary/aromatic N) is 1. The molecule has 82 valence electrons. The Labute approximate surface area is 88.6 Å². The number of rotatable bonds is 3. The average molecular weight is 209 g/mol. The summed E-state index contributed by atoms with van der Waals surface area (Å²) in [5.74, 6) is 0.526. The first-order valence-electron chi connectivity index (χ1n) is 4.99. The maximum absolute atomic E-state index is 5.49. The molecule has 1 aromatic rings. The largest absolute Gasteiger partial charge is 0.384 e. The van der Waals surface area contributed by atoms with Crippen LogP contribution < -0.4 is 11.1 Å². The second-order valence-corrected chi connectivity index (χ2v) is 3.42. The second kappa shape index (κ2) is 4.95. The summed E-state index contributed by atoms with van der Waals surface area (Å²) < 4.78 is 10.8. The molecule has 0 spiro atoms. The van der Waals surface area contributed by atoms with Crippen LogP contribution in [0, 0.1) is 0 Å². The zero-order valence-electron chi connectivity index (χ0n) is 8.48. The SMILES string of the molecule is Nc1ccc(NCC2COCCO2)cn1. The molecule has 0 radical (unpaired) electrons. The predicted octanol–water partition coefficient (Wildman–Crippen LogP) is 0.491. The van der Waals surface area contributed by atoms with Crippen LogP contribution in [0.4, 0.5) is 11.5 Å². The van der Waals surface area contributed by atoms with Gasteiger partial charge in [-0.15, -0.1) is 0 Å². The quantitative estimate of drug-likeness (QED) is 0.758. The fourth-order valence-electron chi connectivity index (χ4n) is 1.40. The maximum Gasteiger partial charge on any atom is 0.123 e. The van der Waals surface area contributed by atoms with Crippen LogP contribution in [0.25, 0.3) is 0 Å². The van der Waals surface area contributed by atoms with Crippen LogP contribution in [-0.2, 0) is 9.47 Å². The molecule has 1 saturated heterocycles. The maximum atomic E-state index is 5.49. The van der Waals surface area contributed by atoms with Crippen molar-refractivity contribution in [2.24, 2.45) is 0 Å². The second-order valence-electron chi connectivity index (χ2n) is 3.42. The van der Waals surface area contributed by atoms with Crippen molar-refractivity contribution in [3.05, 3.63) is 18.3 Å². The van der Waals surface area contributed by atoms with E-state index in [1.807, 2.05) is 6.07 Å². The van der Waals surface area contributed by atoms with Crippen molar-refractivity contribution < 1.29 is 9.47 Å². The third-order valence-electron chi connectivity index (χ3n) is 2.21. The monoisotopic (exact) mass is 209 g/mol. The van der Waals surface area contributed by atoms with Crippen molar-refractivity contribution in [3.8, 4) is 0 Å². The fourth-order valence-corrected chi connectivity index (χ4v) is 1.40. The van der Waals surface area contributed by atoms with E-state index >= 15 is 0 Å². The number of hydrogen-bond donors (Lipinski definition) is 2. The molecule has 1 atom stereocenters. The number of nitrogens with one attached hydrogen (secondary N) is 1. The molecular weight excluding hydrogens is 194 g/mol. The van der Waals surface area contributed by atoms with Gasteiger partial charge in [0.05, 0.1) is 37.8 Å². The topological polar surface area (TPSA) is 69.4 Å². The highest BCUT2D eigenvalue weighted by Crippen LogP contribution is 2.08. The van der Waals surface area contributed by atoms with Gasteiger partial charge in [-0.2, -0.15) is 0 Å². The summed E-state index contributed by atoms with van der Waals surface area (Å²) in [6, 6.07) is 3.66. The van der Waals surface area contributed by atoms with Crippen LogP contribution in [0.2, 0.25) is 0 Å². The molecule has 2 heterocycles. The van der Waals surface area contributed by atoms with Gasteiger partial charge in [-0.3, -0.25) is 0 Å². The summed E-state index contributed by atoms with van der Waals surface area (Å²) in [5.41, 5.74) is 6.42. The van der Waals surface area contributed by atoms with Crippen molar-refractivity contribution in [2.45, 2.75) is 6.10 Å². The molecule has 1 fully saturated rings. The molecule has 5 heteroatoms. The lowest BCUT2D eigenvalue weighted by Gasteiger charge is -2.23. The fraction of sp³-hybridized carbons (Fsp3) is 0.500. The van der Waals surface area contributed by atoms with E-state index in [2.05, 4.69) is 10.3 Å². The van der Waals surface area contributed by atoms with Gasteiger partial charge < -0.3 is 20.5 Å². The Kier molecular flexibility index (Phi) is 3.37. The van der Waals surface area contributed by atoms with Gasteiger partial charge in [0.15, 0.2) is 0 Å². The number of hydrogen-bond acceptors (Lipinski definition) is 5. The Bertz CT molecular complexity index is 296. The van der Waals surface area contributed by atoms with Crippen LogP contribution in [0.3, 0.4) is 0 Å². The van der Waals surface area contributed by atoms with E-state index in [1.165, 1.54) is 0 Å². The summed E-state index contributed by atoms with van der Waals surface area (Å²) in [6.45, 7) is 2.74. The van der Waals surface area contributed by atoms with Gasteiger partial charge in [-0.25, -0.2) is 4.98 Å². The van der Waals surface area contributed by atoms with Crippen molar-refractivity contribution >= 4 is 11.5 Å². The third-order valence-corrected chi connectivity index (χ3v) is 2.21. The normalized spacial score (nSPS) is 21.2. The highest BCUT2D eigenvalue weighted by molar-refractivity contribution is 5.45. The van der Waals surface area contributed by atoms with E-state index < -0.39 is 0 Å². The van der Waals surface area contributed by atoms with Crippen molar-refractivity contribution in [2.75, 3.05) is 37.4 Å². The molecule has 3 N–H and O–H groups in total. The molecule has 1 unspecified atom stereocenters. The van der Waals surface area contributed by atoms with Gasteiger partial charge in [-0.05, 0) is 12.1 Å². The molecule has 0 aliphatic carbocycles. The highest BCUT2D eigenvalue weighted by atomic mass is 16.6. The van der Waals surface area contributed by atoms with E-state index in [0.717, 1.165) is 12.2 Å². The summed E-state index contributed by atoms with van der Waals surface area (Å²) in [4.78, 5) is 3.99. The third kappa shape index (κ3) is 3.07. The number of anilines is 2. The van der Waals surface area contributed by atoms with Crippen LogP contribution in [-0.4, -0.2) is 37.5 Å². The summed E-state index contributed by atoms with van der Waals surface area (Å²) >= 11 is 0. The number of pyridine rings is 1. The molecule has 2 rings (SSSR count). The Morgan fingerprint density at radius 1 is 1.47 bits per heavy atom.